The lowest BCUT2D eigenvalue weighted by Gasteiger charge is -2.41. The van der Waals surface area contributed by atoms with E-state index < -0.39 is 78.5 Å². The average Bonchev–Trinajstić information content (AvgIpc) is 3.27. The number of allylic oxidation sites excluding steroid dienone is 2. The molecule has 0 aromatic carbocycles. The zero-order valence-corrected chi connectivity index (χ0v) is 41.3. The predicted octanol–water partition coefficient (Wildman–Crippen LogP) is 10.1. The summed E-state index contributed by atoms with van der Waals surface area (Å²) in [6.45, 7) is 3.30. The molecule has 0 spiro atoms. The molecule has 1 fully saturated rings. The Morgan fingerprint density at radius 3 is 1.41 bits per heavy atom. The molecule has 0 aromatic rings. The number of carbonyl (C=O) groups is 1. The highest BCUT2D eigenvalue weighted by Crippen LogP contribution is 2.26. The number of carbonyl (C=O) groups excluding carboxylic acids is 1. The topological polar surface area (TPSA) is 212 Å². The molecular formula is C50H97NO12S. The number of amides is 1. The van der Waals surface area contributed by atoms with Crippen LogP contribution in [0.4, 0.5) is 0 Å². The van der Waals surface area contributed by atoms with E-state index in [4.69, 9.17) is 9.47 Å². The number of unbranched alkanes of at least 4 members (excludes halogenated alkanes) is 30. The Kier molecular flexibility index (Phi) is 38.8. The summed E-state index contributed by atoms with van der Waals surface area (Å²) in [4.78, 5) is 13.2. The zero-order valence-electron chi connectivity index (χ0n) is 40.5. The SMILES string of the molecule is CCCCCCCCC/C=C\CCCCCCC(O)C(=O)NC(COC1OC(CO)C(O)C(OS(=O)(=O)O)C1O)C(O)CCCCCCCCCCCCCCCCCCCCCC. The molecule has 7 N–H and O–H groups in total. The molecule has 0 aromatic heterocycles. The second kappa shape index (κ2) is 40.8. The lowest BCUT2D eigenvalue weighted by Crippen LogP contribution is -2.61. The van der Waals surface area contributed by atoms with E-state index in [2.05, 4.69) is 35.5 Å². The number of hydrogen-bond acceptors (Lipinski definition) is 11. The van der Waals surface area contributed by atoms with Crippen LogP contribution in [-0.4, -0.2) is 107 Å². The molecule has 8 atom stereocenters. The summed E-state index contributed by atoms with van der Waals surface area (Å²) < 4.78 is 47.7. The lowest BCUT2D eigenvalue weighted by atomic mass is 9.99. The van der Waals surface area contributed by atoms with Crippen LogP contribution in [0.5, 0.6) is 0 Å². The van der Waals surface area contributed by atoms with Gasteiger partial charge < -0.3 is 40.3 Å². The van der Waals surface area contributed by atoms with E-state index in [9.17, 15) is 43.3 Å². The largest absolute Gasteiger partial charge is 0.397 e. The molecule has 1 rings (SSSR count). The molecule has 14 heteroatoms. The van der Waals surface area contributed by atoms with Gasteiger partial charge in [0.2, 0.25) is 5.91 Å². The van der Waals surface area contributed by atoms with Crippen LogP contribution in [0.3, 0.4) is 0 Å². The van der Waals surface area contributed by atoms with Crippen molar-refractivity contribution in [2.24, 2.45) is 0 Å². The van der Waals surface area contributed by atoms with Gasteiger partial charge in [0.15, 0.2) is 6.29 Å². The molecule has 0 radical (unpaired) electrons. The summed E-state index contributed by atoms with van der Waals surface area (Å²) in [6.07, 6.45) is 33.9. The van der Waals surface area contributed by atoms with Crippen molar-refractivity contribution in [3.05, 3.63) is 12.2 Å². The van der Waals surface area contributed by atoms with E-state index in [1.807, 2.05) is 0 Å². The summed E-state index contributed by atoms with van der Waals surface area (Å²) in [7, 11) is -5.11. The van der Waals surface area contributed by atoms with Crippen molar-refractivity contribution < 1.29 is 57.0 Å². The predicted molar refractivity (Wildman–Crippen MR) is 256 cm³/mol. The maximum atomic E-state index is 13.2. The van der Waals surface area contributed by atoms with Crippen molar-refractivity contribution in [2.45, 2.75) is 288 Å². The minimum Gasteiger partial charge on any atom is -0.394 e. The summed E-state index contributed by atoms with van der Waals surface area (Å²) in [5.74, 6) is -0.675. The van der Waals surface area contributed by atoms with Gasteiger partial charge in [-0.05, 0) is 38.5 Å². The van der Waals surface area contributed by atoms with Crippen LogP contribution >= 0.6 is 0 Å². The molecule has 1 heterocycles. The third-order valence-electron chi connectivity index (χ3n) is 12.7. The van der Waals surface area contributed by atoms with E-state index in [0.29, 0.717) is 19.3 Å². The first kappa shape index (κ1) is 60.8. The Morgan fingerprint density at radius 1 is 0.609 bits per heavy atom. The Labute approximate surface area is 390 Å². The molecule has 0 aliphatic carbocycles. The Morgan fingerprint density at radius 2 is 1.00 bits per heavy atom. The van der Waals surface area contributed by atoms with Crippen molar-refractivity contribution in [3.8, 4) is 0 Å². The van der Waals surface area contributed by atoms with Gasteiger partial charge in [-0.3, -0.25) is 9.35 Å². The quantitative estimate of drug-likeness (QED) is 0.0173. The van der Waals surface area contributed by atoms with Crippen LogP contribution in [0.1, 0.15) is 239 Å². The molecule has 1 amide bonds. The highest BCUT2D eigenvalue weighted by Gasteiger charge is 2.48. The monoisotopic (exact) mass is 936 g/mol. The second-order valence-corrected chi connectivity index (χ2v) is 19.7. The van der Waals surface area contributed by atoms with E-state index in [1.165, 1.54) is 148 Å². The Hall–Kier alpha value is -1.20. The number of aliphatic hydroxyl groups excluding tert-OH is 5. The maximum absolute atomic E-state index is 13.2. The van der Waals surface area contributed by atoms with E-state index in [1.54, 1.807) is 0 Å². The lowest BCUT2D eigenvalue weighted by molar-refractivity contribution is -0.298. The third kappa shape index (κ3) is 32.5. The standard InChI is InChI=1S/C50H97NO12S/c1-3-5-7-9-11-13-15-17-19-20-21-22-23-25-26-28-30-32-34-36-38-43(53)42(41-61-50-47(56)48(63-64(58,59)60)46(55)45(40-52)62-50)51-49(57)44(54)39-37-35-33-31-29-27-24-18-16-14-12-10-8-6-4-2/h24,27,42-48,50,52-56H,3-23,25-26,28-41H2,1-2H3,(H,51,57)(H,58,59,60)/b27-24-. The van der Waals surface area contributed by atoms with Crippen LogP contribution in [0.15, 0.2) is 12.2 Å². The van der Waals surface area contributed by atoms with E-state index in [0.717, 1.165) is 51.4 Å². The van der Waals surface area contributed by atoms with Crippen LogP contribution in [0.2, 0.25) is 0 Å². The summed E-state index contributed by atoms with van der Waals surface area (Å²) >= 11 is 0. The van der Waals surface area contributed by atoms with E-state index in [-0.39, 0.29) is 6.42 Å². The summed E-state index contributed by atoms with van der Waals surface area (Å²) in [5.41, 5.74) is 0. The normalized spacial score (nSPS) is 20.8. The molecule has 0 saturated carbocycles. The van der Waals surface area contributed by atoms with Crippen LogP contribution in [0, 0.1) is 0 Å². The first-order valence-electron chi connectivity index (χ1n) is 26.2. The van der Waals surface area contributed by atoms with Gasteiger partial charge in [-0.2, -0.15) is 8.42 Å². The summed E-state index contributed by atoms with van der Waals surface area (Å²) in [5, 5.41) is 55.5. The van der Waals surface area contributed by atoms with Crippen molar-refractivity contribution >= 4 is 16.3 Å². The first-order valence-corrected chi connectivity index (χ1v) is 27.5. The fraction of sp³-hybridized carbons (Fsp3) is 0.940. The molecule has 13 nitrogen and oxygen atoms in total. The highest BCUT2D eigenvalue weighted by molar-refractivity contribution is 7.80. The van der Waals surface area contributed by atoms with Gasteiger partial charge in [0.25, 0.3) is 0 Å². The summed E-state index contributed by atoms with van der Waals surface area (Å²) in [6, 6.07) is -1.04. The number of ether oxygens (including phenoxy) is 2. The van der Waals surface area contributed by atoms with Crippen LogP contribution < -0.4 is 5.32 Å². The van der Waals surface area contributed by atoms with Crippen LogP contribution in [0.25, 0.3) is 0 Å². The first-order chi connectivity index (χ1) is 30.9. The fourth-order valence-corrected chi connectivity index (χ4v) is 9.03. The number of rotatable bonds is 45. The molecular weight excluding hydrogens is 839 g/mol. The van der Waals surface area contributed by atoms with Gasteiger partial charge in [-0.1, -0.05) is 212 Å². The van der Waals surface area contributed by atoms with Crippen molar-refractivity contribution in [2.75, 3.05) is 13.2 Å². The van der Waals surface area contributed by atoms with Crippen molar-refractivity contribution in [1.82, 2.24) is 5.32 Å². The number of aliphatic hydroxyl groups is 5. The van der Waals surface area contributed by atoms with Gasteiger partial charge in [-0.25, -0.2) is 4.18 Å². The molecule has 380 valence electrons. The molecule has 0 bridgehead atoms. The molecule has 1 aliphatic rings. The van der Waals surface area contributed by atoms with Crippen molar-refractivity contribution in [1.29, 1.82) is 0 Å². The molecule has 1 aliphatic heterocycles. The van der Waals surface area contributed by atoms with E-state index >= 15 is 0 Å². The molecule has 8 unspecified atom stereocenters. The Bertz CT molecular complexity index is 1210. The highest BCUT2D eigenvalue weighted by atomic mass is 32.3. The van der Waals surface area contributed by atoms with Gasteiger partial charge in [0.05, 0.1) is 25.4 Å². The Balaban J connectivity index is 2.48. The minimum atomic E-state index is -5.11. The second-order valence-electron chi connectivity index (χ2n) is 18.6. The smallest absolute Gasteiger partial charge is 0.394 e. The minimum absolute atomic E-state index is 0.248. The third-order valence-corrected chi connectivity index (χ3v) is 13.1. The van der Waals surface area contributed by atoms with Crippen molar-refractivity contribution in [3.63, 3.8) is 0 Å². The zero-order chi connectivity index (χ0) is 47.1. The van der Waals surface area contributed by atoms with Gasteiger partial charge in [0, 0.05) is 0 Å². The van der Waals surface area contributed by atoms with Crippen LogP contribution in [-0.2, 0) is 28.9 Å². The van der Waals surface area contributed by atoms with Gasteiger partial charge in [0.1, 0.15) is 30.5 Å². The fourth-order valence-electron chi connectivity index (χ4n) is 8.52. The van der Waals surface area contributed by atoms with Gasteiger partial charge in [-0.15, -0.1) is 0 Å². The maximum Gasteiger partial charge on any atom is 0.397 e. The molecule has 1 saturated heterocycles. The van der Waals surface area contributed by atoms with Gasteiger partial charge >= 0.3 is 10.4 Å². The molecule has 64 heavy (non-hydrogen) atoms. The average molecular weight is 936 g/mol. The number of hydrogen-bond donors (Lipinski definition) is 7. The number of nitrogens with one attached hydrogen (secondary N) is 1.